The van der Waals surface area contributed by atoms with Crippen molar-refractivity contribution in [2.45, 2.75) is 38.0 Å². The van der Waals surface area contributed by atoms with E-state index in [1.165, 1.54) is 42.3 Å². The summed E-state index contributed by atoms with van der Waals surface area (Å²) in [6, 6.07) is 8.32. The number of carbonyl (C=O) groups excluding carboxylic acids is 2. The average molecular weight is 465 g/mol. The van der Waals surface area contributed by atoms with Crippen molar-refractivity contribution >= 4 is 17.6 Å². The minimum atomic E-state index is -4.65. The number of hydrogen-bond acceptors (Lipinski definition) is 4. The molecule has 1 aliphatic rings. The molecule has 0 unspecified atom stereocenters. The van der Waals surface area contributed by atoms with E-state index < -0.39 is 23.4 Å². The molecule has 1 fully saturated rings. The lowest BCUT2D eigenvalue weighted by atomic mass is 9.89. The lowest BCUT2D eigenvalue weighted by Gasteiger charge is -2.37. The standard InChI is InChI=1S/C23H26F3N3O4/c1-3-22(32)8-10-29(11-9-22)21(31)28-17-12-16(23(24,25)26)13-19(14-17)33-18-6-4-15(5-7-18)20(30)27-2/h4-7,12-14,32H,3,8-11H2,1-2H3,(H,27,30)(H,28,31). The first-order valence-corrected chi connectivity index (χ1v) is 10.5. The maximum Gasteiger partial charge on any atom is 0.416 e. The van der Waals surface area contributed by atoms with E-state index in [1.54, 1.807) is 0 Å². The Morgan fingerprint density at radius 1 is 1.09 bits per heavy atom. The van der Waals surface area contributed by atoms with E-state index in [4.69, 9.17) is 4.74 Å². The molecule has 3 rings (SSSR count). The number of piperidine rings is 1. The van der Waals surface area contributed by atoms with Gasteiger partial charge in [0.2, 0.25) is 0 Å². The highest BCUT2D eigenvalue weighted by atomic mass is 19.4. The third-order valence-corrected chi connectivity index (χ3v) is 5.70. The van der Waals surface area contributed by atoms with Gasteiger partial charge in [-0.05, 0) is 55.7 Å². The van der Waals surface area contributed by atoms with E-state index in [2.05, 4.69) is 10.6 Å². The topological polar surface area (TPSA) is 90.9 Å². The lowest BCUT2D eigenvalue weighted by Crippen LogP contribution is -2.47. The predicted molar refractivity (Wildman–Crippen MR) is 116 cm³/mol. The molecule has 3 amide bonds. The molecule has 0 atom stereocenters. The summed E-state index contributed by atoms with van der Waals surface area (Å²) < 4.78 is 45.9. The third-order valence-electron chi connectivity index (χ3n) is 5.70. The molecule has 1 aliphatic heterocycles. The first-order chi connectivity index (χ1) is 15.5. The molecule has 2 aromatic carbocycles. The van der Waals surface area contributed by atoms with Gasteiger partial charge in [0.25, 0.3) is 5.91 Å². The van der Waals surface area contributed by atoms with Crippen LogP contribution in [0.4, 0.5) is 23.7 Å². The van der Waals surface area contributed by atoms with Gasteiger partial charge >= 0.3 is 12.2 Å². The molecule has 0 saturated carbocycles. The molecule has 10 heteroatoms. The van der Waals surface area contributed by atoms with E-state index in [0.29, 0.717) is 37.9 Å². The van der Waals surface area contributed by atoms with E-state index in [-0.39, 0.29) is 23.1 Å². The van der Waals surface area contributed by atoms with E-state index in [0.717, 1.165) is 12.1 Å². The van der Waals surface area contributed by atoms with Crippen molar-refractivity contribution in [1.29, 1.82) is 0 Å². The molecule has 33 heavy (non-hydrogen) atoms. The Morgan fingerprint density at radius 3 is 2.27 bits per heavy atom. The number of rotatable bonds is 5. The van der Waals surface area contributed by atoms with Crippen LogP contribution in [-0.2, 0) is 6.18 Å². The number of urea groups is 1. The summed E-state index contributed by atoms with van der Waals surface area (Å²) in [5.41, 5.74) is -1.49. The molecule has 2 aromatic rings. The normalized spacial score (nSPS) is 15.6. The summed E-state index contributed by atoms with van der Waals surface area (Å²) in [5, 5.41) is 15.3. The van der Waals surface area contributed by atoms with Crippen LogP contribution in [0, 0.1) is 0 Å². The lowest BCUT2D eigenvalue weighted by molar-refractivity contribution is -0.137. The van der Waals surface area contributed by atoms with Gasteiger partial charge in [0.05, 0.1) is 11.2 Å². The quantitative estimate of drug-likeness (QED) is 0.601. The number of halogens is 3. The van der Waals surface area contributed by atoms with E-state index in [1.807, 2.05) is 6.92 Å². The molecular weight excluding hydrogens is 439 g/mol. The zero-order valence-electron chi connectivity index (χ0n) is 18.3. The maximum atomic E-state index is 13.4. The van der Waals surface area contributed by atoms with Crippen molar-refractivity contribution in [2.24, 2.45) is 0 Å². The molecule has 0 spiro atoms. The van der Waals surface area contributed by atoms with Crippen LogP contribution in [0.5, 0.6) is 11.5 Å². The van der Waals surface area contributed by atoms with Crippen molar-refractivity contribution in [2.75, 3.05) is 25.5 Å². The largest absolute Gasteiger partial charge is 0.457 e. The molecule has 0 aliphatic carbocycles. The fourth-order valence-electron chi connectivity index (χ4n) is 3.53. The molecule has 0 bridgehead atoms. The van der Waals surface area contributed by atoms with Crippen LogP contribution in [0.2, 0.25) is 0 Å². The summed E-state index contributed by atoms with van der Waals surface area (Å²) in [6.45, 7) is 2.47. The Labute approximate surface area is 189 Å². The molecule has 0 aromatic heterocycles. The van der Waals surface area contributed by atoms with Gasteiger partial charge in [-0.3, -0.25) is 4.79 Å². The second kappa shape index (κ2) is 9.70. The van der Waals surface area contributed by atoms with Crippen LogP contribution in [0.15, 0.2) is 42.5 Å². The van der Waals surface area contributed by atoms with Gasteiger partial charge in [-0.2, -0.15) is 13.2 Å². The number of ether oxygens (including phenoxy) is 1. The van der Waals surface area contributed by atoms with Crippen molar-refractivity contribution in [3.05, 3.63) is 53.6 Å². The van der Waals surface area contributed by atoms with E-state index >= 15 is 0 Å². The Kier molecular flexibility index (Phi) is 7.16. The number of anilines is 1. The summed E-state index contributed by atoms with van der Waals surface area (Å²) >= 11 is 0. The summed E-state index contributed by atoms with van der Waals surface area (Å²) in [6.07, 6.45) is -3.27. The Bertz CT molecular complexity index is 1000. The van der Waals surface area contributed by atoms with Crippen molar-refractivity contribution in [3.63, 3.8) is 0 Å². The highest BCUT2D eigenvalue weighted by Crippen LogP contribution is 2.36. The maximum absolute atomic E-state index is 13.4. The average Bonchev–Trinajstić information content (AvgIpc) is 2.78. The smallest absolute Gasteiger partial charge is 0.416 e. The minimum absolute atomic E-state index is 0.0665. The van der Waals surface area contributed by atoms with Crippen LogP contribution < -0.4 is 15.4 Å². The number of benzene rings is 2. The summed E-state index contributed by atoms with van der Waals surface area (Å²) in [5.74, 6) is -0.193. The van der Waals surface area contributed by atoms with Crippen molar-refractivity contribution in [3.8, 4) is 11.5 Å². The third kappa shape index (κ3) is 6.16. The number of nitrogens with one attached hydrogen (secondary N) is 2. The van der Waals surface area contributed by atoms with Crippen LogP contribution >= 0.6 is 0 Å². The Hall–Kier alpha value is -3.27. The fraction of sp³-hybridized carbons (Fsp3) is 0.391. The summed E-state index contributed by atoms with van der Waals surface area (Å²) in [7, 11) is 1.49. The Morgan fingerprint density at radius 2 is 1.73 bits per heavy atom. The minimum Gasteiger partial charge on any atom is -0.457 e. The highest BCUT2D eigenvalue weighted by Gasteiger charge is 2.34. The number of carbonyl (C=O) groups is 2. The van der Waals surface area contributed by atoms with Gasteiger partial charge in [0.1, 0.15) is 11.5 Å². The van der Waals surface area contributed by atoms with Gasteiger partial charge < -0.3 is 25.4 Å². The predicted octanol–water partition coefficient (Wildman–Crippen LogP) is 4.63. The zero-order valence-corrected chi connectivity index (χ0v) is 18.3. The number of amides is 3. The van der Waals surface area contributed by atoms with Gasteiger partial charge in [-0.1, -0.05) is 6.92 Å². The van der Waals surface area contributed by atoms with Gasteiger partial charge in [-0.15, -0.1) is 0 Å². The SMILES string of the molecule is CCC1(O)CCN(C(=O)Nc2cc(Oc3ccc(C(=O)NC)cc3)cc(C(F)(F)F)c2)CC1. The van der Waals surface area contributed by atoms with Gasteiger partial charge in [0, 0.05) is 37.5 Å². The molecule has 178 valence electrons. The second-order valence-corrected chi connectivity index (χ2v) is 7.94. The van der Waals surface area contributed by atoms with Gasteiger partial charge in [0.15, 0.2) is 0 Å². The molecule has 7 nitrogen and oxygen atoms in total. The molecule has 1 saturated heterocycles. The molecule has 1 heterocycles. The fourth-order valence-corrected chi connectivity index (χ4v) is 3.53. The first-order valence-electron chi connectivity index (χ1n) is 10.5. The number of aliphatic hydroxyl groups is 1. The first kappa shape index (κ1) is 24.4. The zero-order chi connectivity index (χ0) is 24.2. The van der Waals surface area contributed by atoms with Crippen LogP contribution in [0.1, 0.15) is 42.1 Å². The van der Waals surface area contributed by atoms with Crippen LogP contribution in [-0.4, -0.2) is 47.7 Å². The molecule has 3 N–H and O–H groups in total. The van der Waals surface area contributed by atoms with Crippen LogP contribution in [0.25, 0.3) is 0 Å². The van der Waals surface area contributed by atoms with Crippen molar-refractivity contribution < 1.29 is 32.6 Å². The van der Waals surface area contributed by atoms with E-state index in [9.17, 15) is 27.9 Å². The van der Waals surface area contributed by atoms with Crippen LogP contribution in [0.3, 0.4) is 0 Å². The number of hydrogen-bond donors (Lipinski definition) is 3. The number of nitrogens with zero attached hydrogens (tertiary/aromatic N) is 1. The second-order valence-electron chi connectivity index (χ2n) is 7.94. The summed E-state index contributed by atoms with van der Waals surface area (Å²) in [4.78, 5) is 25.7. The number of alkyl halides is 3. The highest BCUT2D eigenvalue weighted by molar-refractivity contribution is 5.94. The monoisotopic (exact) mass is 465 g/mol. The molecular formula is C23H26F3N3O4. The van der Waals surface area contributed by atoms with Gasteiger partial charge in [-0.25, -0.2) is 4.79 Å². The Balaban J connectivity index is 1.77. The molecule has 0 radical (unpaired) electrons. The van der Waals surface area contributed by atoms with Crippen molar-refractivity contribution in [1.82, 2.24) is 10.2 Å². The number of likely N-dealkylation sites (tertiary alicyclic amines) is 1.